The summed E-state index contributed by atoms with van der Waals surface area (Å²) in [6.45, 7) is 15.4. The average molecular weight is 506 g/mol. The van der Waals surface area contributed by atoms with E-state index in [0.29, 0.717) is 6.42 Å². The third kappa shape index (κ3) is 7.02. The lowest BCUT2D eigenvalue weighted by atomic mass is 9.95. The number of carbonyl (C=O) groups excluding carboxylic acids is 4. The normalized spacial score (nSPS) is 25.4. The highest BCUT2D eigenvalue weighted by atomic mass is 35.5. The molecule has 8 nitrogen and oxygen atoms in total. The molecule has 1 aliphatic carbocycles. The zero-order valence-electron chi connectivity index (χ0n) is 21.1. The van der Waals surface area contributed by atoms with Gasteiger partial charge in [-0.15, -0.1) is 11.6 Å². The van der Waals surface area contributed by atoms with Gasteiger partial charge in [0.05, 0.1) is 12.1 Å². The summed E-state index contributed by atoms with van der Waals surface area (Å²) in [5.74, 6) is -2.26. The van der Waals surface area contributed by atoms with Crippen LogP contribution in [0.25, 0.3) is 0 Å². The van der Waals surface area contributed by atoms with Crippen molar-refractivity contribution < 1.29 is 33.1 Å². The number of alkyl halides is 1. The third-order valence-electron chi connectivity index (χ3n) is 6.60. The maximum atomic E-state index is 12.3. The maximum Gasteiger partial charge on any atom is 0.303 e. The van der Waals surface area contributed by atoms with E-state index < -0.39 is 56.4 Å². The molecule has 0 aromatic carbocycles. The van der Waals surface area contributed by atoms with Gasteiger partial charge in [0.1, 0.15) is 12.2 Å². The molecule has 1 aliphatic rings. The standard InChI is InChI=1S/C23H40ClNO7Si/c1-13(2)33(14(3)4,15(5)6)32-21-18(10-9-11-26)20(25-19(29)12-24)22(30-16(7)27)23(21)31-17(8)28/h11,13-15,18,20-23H,9-10,12H2,1-8H3,(H,25,29)/t18-,20+,21-,22+,23+/m1/s1. The van der Waals surface area contributed by atoms with E-state index in [-0.39, 0.29) is 28.9 Å². The number of hydrogen-bond acceptors (Lipinski definition) is 7. The summed E-state index contributed by atoms with van der Waals surface area (Å²) in [6, 6.07) is -0.715. The molecule has 0 saturated heterocycles. The van der Waals surface area contributed by atoms with Crippen LogP contribution in [-0.4, -0.2) is 62.7 Å². The SMILES string of the molecule is CC(=O)O[C@H]1[C@H](O[Si](C(C)C)(C(C)C)C(C)C)[C@H](CCC=O)[C@H](NC(=O)CCl)[C@@H]1OC(C)=O. The Morgan fingerprint density at radius 3 is 1.79 bits per heavy atom. The quantitative estimate of drug-likeness (QED) is 0.186. The van der Waals surface area contributed by atoms with Crippen LogP contribution < -0.4 is 5.32 Å². The average Bonchev–Trinajstić information content (AvgIpc) is 2.93. The first-order chi connectivity index (χ1) is 15.3. The predicted octanol–water partition coefficient (Wildman–Crippen LogP) is 3.74. The van der Waals surface area contributed by atoms with E-state index in [1.165, 1.54) is 13.8 Å². The van der Waals surface area contributed by atoms with Gasteiger partial charge in [-0.05, 0) is 23.0 Å². The molecule has 1 fully saturated rings. The Bertz CT molecular complexity index is 679. The summed E-state index contributed by atoms with van der Waals surface area (Å²) in [7, 11) is -2.47. The number of nitrogens with one attached hydrogen (secondary N) is 1. The number of rotatable bonds is 12. The second-order valence-electron chi connectivity index (χ2n) is 9.68. The van der Waals surface area contributed by atoms with Crippen molar-refractivity contribution in [3.8, 4) is 0 Å². The van der Waals surface area contributed by atoms with Crippen molar-refractivity contribution in [1.29, 1.82) is 0 Å². The Hall–Kier alpha value is -1.45. The van der Waals surface area contributed by atoms with Crippen molar-refractivity contribution in [3.05, 3.63) is 0 Å². The smallest absolute Gasteiger partial charge is 0.303 e. The highest BCUT2D eigenvalue weighted by Crippen LogP contribution is 2.47. The van der Waals surface area contributed by atoms with Crippen molar-refractivity contribution in [2.75, 3.05) is 5.88 Å². The van der Waals surface area contributed by atoms with Gasteiger partial charge in [0.15, 0.2) is 12.2 Å². The Balaban J connectivity index is 3.67. The molecule has 0 aromatic heterocycles. The van der Waals surface area contributed by atoms with Crippen LogP contribution >= 0.6 is 11.6 Å². The topological polar surface area (TPSA) is 108 Å². The van der Waals surface area contributed by atoms with Crippen molar-refractivity contribution in [3.63, 3.8) is 0 Å². The van der Waals surface area contributed by atoms with Crippen LogP contribution in [-0.2, 0) is 33.1 Å². The van der Waals surface area contributed by atoms with Gasteiger partial charge in [0, 0.05) is 26.2 Å². The number of amides is 1. The third-order valence-corrected chi connectivity index (χ3v) is 12.9. The van der Waals surface area contributed by atoms with E-state index >= 15 is 0 Å². The van der Waals surface area contributed by atoms with E-state index in [1.807, 2.05) is 0 Å². The van der Waals surface area contributed by atoms with Crippen LogP contribution in [0.4, 0.5) is 0 Å². The Morgan fingerprint density at radius 1 is 0.909 bits per heavy atom. The highest BCUT2D eigenvalue weighted by Gasteiger charge is 2.59. The monoisotopic (exact) mass is 505 g/mol. The number of ether oxygens (including phenoxy) is 2. The van der Waals surface area contributed by atoms with Gasteiger partial charge in [-0.2, -0.15) is 0 Å². The van der Waals surface area contributed by atoms with Crippen LogP contribution in [0.5, 0.6) is 0 Å². The Labute approximate surface area is 203 Å². The summed E-state index contributed by atoms with van der Waals surface area (Å²) in [5, 5.41) is 2.83. The van der Waals surface area contributed by atoms with Gasteiger partial charge in [-0.3, -0.25) is 14.4 Å². The van der Waals surface area contributed by atoms with Gasteiger partial charge < -0.3 is 24.0 Å². The molecule has 33 heavy (non-hydrogen) atoms. The van der Waals surface area contributed by atoms with Gasteiger partial charge in [-0.25, -0.2) is 0 Å². The minimum atomic E-state index is -2.47. The van der Waals surface area contributed by atoms with E-state index in [4.69, 9.17) is 25.5 Å². The summed E-state index contributed by atoms with van der Waals surface area (Å²) in [5.41, 5.74) is 0.725. The molecule has 1 amide bonds. The minimum absolute atomic E-state index is 0.219. The lowest BCUT2D eigenvalue weighted by molar-refractivity contribution is -0.168. The molecule has 10 heteroatoms. The number of esters is 2. The fourth-order valence-electron chi connectivity index (χ4n) is 5.56. The first-order valence-corrected chi connectivity index (χ1v) is 14.3. The minimum Gasteiger partial charge on any atom is -0.456 e. The van der Waals surface area contributed by atoms with Crippen molar-refractivity contribution in [2.45, 2.75) is 109 Å². The number of aldehydes is 1. The van der Waals surface area contributed by atoms with E-state index in [1.54, 1.807) is 0 Å². The number of hydrogen-bond donors (Lipinski definition) is 1. The number of halogens is 1. The largest absolute Gasteiger partial charge is 0.456 e. The molecule has 0 spiro atoms. The first-order valence-electron chi connectivity index (χ1n) is 11.6. The van der Waals surface area contributed by atoms with Crippen LogP contribution in [0.2, 0.25) is 16.6 Å². The fourth-order valence-corrected chi connectivity index (χ4v) is 11.2. The Morgan fingerprint density at radius 2 is 1.39 bits per heavy atom. The molecule has 0 bridgehead atoms. The molecule has 0 heterocycles. The van der Waals surface area contributed by atoms with Crippen molar-refractivity contribution >= 4 is 44.1 Å². The van der Waals surface area contributed by atoms with Crippen LogP contribution in [0, 0.1) is 5.92 Å². The summed E-state index contributed by atoms with van der Waals surface area (Å²) in [4.78, 5) is 47.6. The second-order valence-corrected chi connectivity index (χ2v) is 15.4. The first kappa shape index (κ1) is 29.6. The van der Waals surface area contributed by atoms with E-state index in [9.17, 15) is 19.2 Å². The maximum absolute atomic E-state index is 12.3. The lowest BCUT2D eigenvalue weighted by Crippen LogP contribution is -2.54. The van der Waals surface area contributed by atoms with Crippen LogP contribution in [0.3, 0.4) is 0 Å². The molecule has 1 saturated carbocycles. The summed E-state index contributed by atoms with van der Waals surface area (Å²) >= 11 is 5.74. The summed E-state index contributed by atoms with van der Waals surface area (Å²) < 4.78 is 18.3. The molecular formula is C23H40ClNO7Si. The fraction of sp³-hybridized carbons (Fsp3) is 0.826. The van der Waals surface area contributed by atoms with Crippen molar-refractivity contribution in [2.24, 2.45) is 5.92 Å². The lowest BCUT2D eigenvalue weighted by Gasteiger charge is -2.46. The van der Waals surface area contributed by atoms with Crippen molar-refractivity contribution in [1.82, 2.24) is 5.32 Å². The molecule has 5 atom stereocenters. The molecule has 1 rings (SSSR count). The second kappa shape index (κ2) is 12.9. The van der Waals surface area contributed by atoms with E-state index in [2.05, 4.69) is 46.9 Å². The van der Waals surface area contributed by atoms with E-state index in [0.717, 1.165) is 6.29 Å². The van der Waals surface area contributed by atoms with Gasteiger partial charge in [0.25, 0.3) is 0 Å². The zero-order chi connectivity index (χ0) is 25.5. The highest BCUT2D eigenvalue weighted by molar-refractivity contribution is 6.77. The molecule has 0 aliphatic heterocycles. The van der Waals surface area contributed by atoms with Gasteiger partial charge >= 0.3 is 11.9 Å². The molecule has 0 unspecified atom stereocenters. The Kier molecular flexibility index (Phi) is 11.5. The van der Waals surface area contributed by atoms with Crippen LogP contribution in [0.1, 0.15) is 68.2 Å². The molecular weight excluding hydrogens is 466 g/mol. The molecule has 1 N–H and O–H groups in total. The summed E-state index contributed by atoms with van der Waals surface area (Å²) in [6.07, 6.45) is -1.15. The number of carbonyl (C=O) groups is 4. The predicted molar refractivity (Wildman–Crippen MR) is 128 cm³/mol. The molecule has 0 radical (unpaired) electrons. The van der Waals surface area contributed by atoms with Gasteiger partial charge in [0.2, 0.25) is 14.2 Å². The molecule has 0 aromatic rings. The van der Waals surface area contributed by atoms with Gasteiger partial charge in [-0.1, -0.05) is 41.5 Å². The van der Waals surface area contributed by atoms with Crippen LogP contribution in [0.15, 0.2) is 0 Å². The zero-order valence-corrected chi connectivity index (χ0v) is 22.8. The molecule has 190 valence electrons.